The van der Waals surface area contributed by atoms with Crippen molar-refractivity contribution in [2.24, 2.45) is 5.41 Å². The van der Waals surface area contributed by atoms with E-state index in [-0.39, 0.29) is 29.0 Å². The summed E-state index contributed by atoms with van der Waals surface area (Å²) < 4.78 is 25.3. The maximum absolute atomic E-state index is 12.1. The summed E-state index contributed by atoms with van der Waals surface area (Å²) in [5, 5.41) is 13.0. The maximum atomic E-state index is 12.1. The minimum atomic E-state index is -3.40. The van der Waals surface area contributed by atoms with E-state index in [9.17, 15) is 13.5 Å². The van der Waals surface area contributed by atoms with Gasteiger partial charge in [0.2, 0.25) is 10.0 Å². The Morgan fingerprint density at radius 3 is 2.09 bits per heavy atom. The van der Waals surface area contributed by atoms with Crippen LogP contribution >= 0.6 is 0 Å². The first-order chi connectivity index (χ1) is 10.5. The first kappa shape index (κ1) is 20.1. The van der Waals surface area contributed by atoms with Crippen LogP contribution in [0.4, 0.5) is 0 Å². The largest absolute Gasteiger partial charge is 0.395 e. The van der Waals surface area contributed by atoms with E-state index in [1.165, 1.54) is 18.4 Å². The SMILES string of the molecule is CC(NC(CO)CC(C)(C)C)c1ccc(S(=O)(=O)N(C)C)cc1. The number of aliphatic hydroxyl groups is 1. The molecule has 1 rings (SSSR count). The van der Waals surface area contributed by atoms with E-state index in [0.717, 1.165) is 12.0 Å². The Labute approximate surface area is 140 Å². The van der Waals surface area contributed by atoms with E-state index in [1.807, 2.05) is 19.1 Å². The third-order valence-electron chi connectivity index (χ3n) is 3.72. The van der Waals surface area contributed by atoms with Crippen LogP contribution in [0.15, 0.2) is 29.2 Å². The Bertz CT molecular complexity index is 589. The third kappa shape index (κ3) is 5.88. The molecular weight excluding hydrogens is 312 g/mol. The lowest BCUT2D eigenvalue weighted by Crippen LogP contribution is -2.37. The smallest absolute Gasteiger partial charge is 0.242 e. The van der Waals surface area contributed by atoms with Crippen molar-refractivity contribution in [2.45, 2.75) is 51.1 Å². The van der Waals surface area contributed by atoms with Gasteiger partial charge in [-0.15, -0.1) is 0 Å². The Balaban J connectivity index is 2.83. The van der Waals surface area contributed by atoms with Crippen LogP contribution in [0.1, 0.15) is 45.7 Å². The highest BCUT2D eigenvalue weighted by atomic mass is 32.2. The number of hydrogen-bond acceptors (Lipinski definition) is 4. The highest BCUT2D eigenvalue weighted by molar-refractivity contribution is 7.89. The number of hydrogen-bond donors (Lipinski definition) is 2. The van der Waals surface area contributed by atoms with Gasteiger partial charge in [0.1, 0.15) is 0 Å². The van der Waals surface area contributed by atoms with Crippen molar-refractivity contribution >= 4 is 10.0 Å². The molecule has 0 spiro atoms. The number of sulfonamides is 1. The van der Waals surface area contributed by atoms with Crippen LogP contribution in [0.25, 0.3) is 0 Å². The summed E-state index contributed by atoms with van der Waals surface area (Å²) >= 11 is 0. The van der Waals surface area contributed by atoms with Gasteiger partial charge in [0.05, 0.1) is 11.5 Å². The summed E-state index contributed by atoms with van der Waals surface area (Å²) in [4.78, 5) is 0.284. The normalized spacial score (nSPS) is 15.7. The van der Waals surface area contributed by atoms with Gasteiger partial charge >= 0.3 is 0 Å². The number of nitrogens with zero attached hydrogens (tertiary/aromatic N) is 1. The maximum Gasteiger partial charge on any atom is 0.242 e. The Morgan fingerprint density at radius 1 is 1.17 bits per heavy atom. The number of aliphatic hydroxyl groups excluding tert-OH is 1. The number of nitrogens with one attached hydrogen (secondary N) is 1. The van der Waals surface area contributed by atoms with E-state index in [0.29, 0.717) is 0 Å². The summed E-state index contributed by atoms with van der Waals surface area (Å²) in [6.45, 7) is 8.52. The van der Waals surface area contributed by atoms with Crippen molar-refractivity contribution in [2.75, 3.05) is 20.7 Å². The predicted octanol–water partition coefficient (Wildman–Crippen LogP) is 2.38. The molecule has 1 aromatic carbocycles. The van der Waals surface area contributed by atoms with Crippen LogP contribution in [-0.4, -0.2) is 44.6 Å². The molecule has 0 aliphatic rings. The zero-order valence-corrected chi connectivity index (χ0v) is 15.8. The molecule has 0 aliphatic carbocycles. The summed E-state index contributed by atoms with van der Waals surface area (Å²) in [5.41, 5.74) is 1.12. The molecule has 1 aromatic rings. The lowest BCUT2D eigenvalue weighted by molar-refractivity contribution is 0.190. The predicted molar refractivity (Wildman–Crippen MR) is 93.8 cm³/mol. The molecule has 2 atom stereocenters. The molecule has 23 heavy (non-hydrogen) atoms. The molecule has 0 aliphatic heterocycles. The number of rotatable bonds is 7. The molecule has 0 amide bonds. The average Bonchev–Trinajstić information content (AvgIpc) is 2.45. The van der Waals surface area contributed by atoms with E-state index < -0.39 is 10.0 Å². The standard InChI is InChI=1S/C17H30N2O3S/c1-13(18-15(12-20)11-17(2,3)4)14-7-9-16(10-8-14)23(21,22)19(5)6/h7-10,13,15,18,20H,11-12H2,1-6H3. The van der Waals surface area contributed by atoms with Crippen LogP contribution in [-0.2, 0) is 10.0 Å². The molecule has 2 unspecified atom stereocenters. The fourth-order valence-corrected chi connectivity index (χ4v) is 3.41. The fourth-order valence-electron chi connectivity index (χ4n) is 2.50. The minimum absolute atomic E-state index is 0.00943. The van der Waals surface area contributed by atoms with E-state index in [4.69, 9.17) is 0 Å². The van der Waals surface area contributed by atoms with Crippen molar-refractivity contribution in [3.8, 4) is 0 Å². The Kier molecular flexibility index (Phi) is 6.77. The Morgan fingerprint density at radius 2 is 1.70 bits per heavy atom. The van der Waals surface area contributed by atoms with Crippen molar-refractivity contribution in [3.05, 3.63) is 29.8 Å². The van der Waals surface area contributed by atoms with E-state index in [1.54, 1.807) is 12.1 Å². The van der Waals surface area contributed by atoms with Crippen molar-refractivity contribution in [3.63, 3.8) is 0 Å². The zero-order chi connectivity index (χ0) is 17.8. The lowest BCUT2D eigenvalue weighted by Gasteiger charge is -2.28. The molecule has 5 nitrogen and oxygen atoms in total. The van der Waals surface area contributed by atoms with Gasteiger partial charge in [0, 0.05) is 26.2 Å². The summed E-state index contributed by atoms with van der Waals surface area (Å²) in [6, 6.07) is 6.93. The summed E-state index contributed by atoms with van der Waals surface area (Å²) in [5.74, 6) is 0. The second-order valence-corrected chi connectivity index (χ2v) is 9.54. The van der Waals surface area contributed by atoms with E-state index >= 15 is 0 Å². The quantitative estimate of drug-likeness (QED) is 0.798. The molecule has 6 heteroatoms. The molecule has 0 radical (unpaired) electrons. The third-order valence-corrected chi connectivity index (χ3v) is 5.55. The van der Waals surface area contributed by atoms with Crippen LogP contribution in [0.3, 0.4) is 0 Å². The molecule has 0 fully saturated rings. The average molecular weight is 343 g/mol. The molecule has 0 aromatic heterocycles. The topological polar surface area (TPSA) is 69.6 Å². The highest BCUT2D eigenvalue weighted by Gasteiger charge is 2.21. The van der Waals surface area contributed by atoms with Gasteiger partial charge in [0.25, 0.3) is 0 Å². The summed E-state index contributed by atoms with van der Waals surface area (Å²) in [7, 11) is -0.359. The highest BCUT2D eigenvalue weighted by Crippen LogP contribution is 2.23. The van der Waals surface area contributed by atoms with Gasteiger partial charge < -0.3 is 10.4 Å². The monoisotopic (exact) mass is 342 g/mol. The van der Waals surface area contributed by atoms with Gasteiger partial charge in [0.15, 0.2) is 0 Å². The second kappa shape index (κ2) is 7.75. The molecule has 132 valence electrons. The first-order valence-corrected chi connectivity index (χ1v) is 9.31. The van der Waals surface area contributed by atoms with Crippen LogP contribution < -0.4 is 5.32 Å². The van der Waals surface area contributed by atoms with Gasteiger partial charge in [-0.05, 0) is 36.5 Å². The number of benzene rings is 1. The molecule has 0 bridgehead atoms. The van der Waals surface area contributed by atoms with Gasteiger partial charge in [-0.3, -0.25) is 0 Å². The van der Waals surface area contributed by atoms with Gasteiger partial charge in [-0.1, -0.05) is 32.9 Å². The zero-order valence-electron chi connectivity index (χ0n) is 15.0. The van der Waals surface area contributed by atoms with Crippen molar-refractivity contribution < 1.29 is 13.5 Å². The van der Waals surface area contributed by atoms with Gasteiger partial charge in [-0.25, -0.2) is 12.7 Å². The van der Waals surface area contributed by atoms with Crippen LogP contribution in [0.2, 0.25) is 0 Å². The molecule has 0 saturated heterocycles. The molecule has 2 N–H and O–H groups in total. The van der Waals surface area contributed by atoms with E-state index in [2.05, 4.69) is 26.1 Å². The van der Waals surface area contributed by atoms with Crippen molar-refractivity contribution in [1.29, 1.82) is 0 Å². The summed E-state index contributed by atoms with van der Waals surface area (Å²) in [6.07, 6.45) is 0.862. The first-order valence-electron chi connectivity index (χ1n) is 7.87. The molecule has 0 heterocycles. The molecular formula is C17H30N2O3S. The van der Waals surface area contributed by atoms with Crippen LogP contribution in [0.5, 0.6) is 0 Å². The van der Waals surface area contributed by atoms with Gasteiger partial charge in [-0.2, -0.15) is 0 Å². The second-order valence-electron chi connectivity index (χ2n) is 7.39. The van der Waals surface area contributed by atoms with Crippen LogP contribution in [0, 0.1) is 5.41 Å². The minimum Gasteiger partial charge on any atom is -0.395 e. The molecule has 0 saturated carbocycles. The Hall–Kier alpha value is -0.950. The lowest BCUT2D eigenvalue weighted by atomic mass is 9.88. The fraction of sp³-hybridized carbons (Fsp3) is 0.647. The van der Waals surface area contributed by atoms with Crippen molar-refractivity contribution in [1.82, 2.24) is 9.62 Å².